The first-order chi connectivity index (χ1) is 6.11. The van der Waals surface area contributed by atoms with Crippen LogP contribution in [0.4, 0.5) is 8.78 Å². The fraction of sp³-hybridized carbons (Fsp3) is 0.222. The van der Waals surface area contributed by atoms with E-state index >= 15 is 0 Å². The van der Waals surface area contributed by atoms with E-state index in [4.69, 9.17) is 5.73 Å². The molecule has 0 spiro atoms. The maximum absolute atomic E-state index is 12.6. The quantitative estimate of drug-likeness (QED) is 0.715. The predicted molar refractivity (Wildman–Crippen MR) is 44.1 cm³/mol. The summed E-state index contributed by atoms with van der Waals surface area (Å²) >= 11 is 0. The first-order valence-corrected chi connectivity index (χ1v) is 3.77. The van der Waals surface area contributed by atoms with Crippen molar-refractivity contribution in [2.24, 2.45) is 5.73 Å². The molecule has 0 fully saturated rings. The van der Waals surface area contributed by atoms with E-state index < -0.39 is 17.7 Å². The minimum atomic E-state index is -0.707. The zero-order valence-corrected chi connectivity index (χ0v) is 6.84. The van der Waals surface area contributed by atoms with Gasteiger partial charge in [-0.3, -0.25) is 0 Å². The highest BCUT2D eigenvalue weighted by atomic mass is 19.1. The highest BCUT2D eigenvalue weighted by molar-refractivity contribution is 5.57. The Labute approximate surface area is 74.4 Å². The van der Waals surface area contributed by atoms with Crippen LogP contribution < -0.4 is 5.73 Å². The summed E-state index contributed by atoms with van der Waals surface area (Å²) in [6, 6.07) is 2.38. The monoisotopic (exact) mass is 185 g/mol. The molecule has 0 heterocycles. The van der Waals surface area contributed by atoms with Gasteiger partial charge >= 0.3 is 0 Å². The average Bonchev–Trinajstić information content (AvgIpc) is 2.02. The van der Waals surface area contributed by atoms with E-state index in [1.807, 2.05) is 0 Å². The van der Waals surface area contributed by atoms with Crippen LogP contribution >= 0.6 is 0 Å². The molecule has 0 aliphatic carbocycles. The third-order valence-electron chi connectivity index (χ3n) is 1.57. The predicted octanol–water partition coefficient (Wildman–Crippen LogP) is 1.03. The summed E-state index contributed by atoms with van der Waals surface area (Å²) < 4.78 is 25.2. The van der Waals surface area contributed by atoms with Gasteiger partial charge in [0.1, 0.15) is 17.9 Å². The van der Waals surface area contributed by atoms with Crippen LogP contribution in [-0.2, 0) is 11.2 Å². The summed E-state index contributed by atoms with van der Waals surface area (Å²) in [5, 5.41) is 0. The van der Waals surface area contributed by atoms with Crippen LogP contribution in [0.25, 0.3) is 0 Å². The largest absolute Gasteiger partial charge is 0.321 e. The number of nitrogens with two attached hydrogens (primary N) is 1. The molecule has 70 valence electrons. The van der Waals surface area contributed by atoms with E-state index in [-0.39, 0.29) is 6.42 Å². The molecule has 0 bridgehead atoms. The molecule has 0 aromatic heterocycles. The van der Waals surface area contributed by atoms with Crippen molar-refractivity contribution >= 4 is 6.29 Å². The third kappa shape index (κ3) is 2.91. The summed E-state index contributed by atoms with van der Waals surface area (Å²) in [5.74, 6) is -1.32. The van der Waals surface area contributed by atoms with Gasteiger partial charge in [0.05, 0.1) is 6.04 Å². The Kier molecular flexibility index (Phi) is 3.08. The summed E-state index contributed by atoms with van der Waals surface area (Å²) in [4.78, 5) is 10.2. The highest BCUT2D eigenvalue weighted by Crippen LogP contribution is 2.08. The van der Waals surface area contributed by atoms with Gasteiger partial charge in [-0.25, -0.2) is 8.78 Å². The standard InChI is InChI=1S/C9H9F2NO/c10-7-1-6(2-8(11)4-7)3-9(12)5-13/h1-2,4-5,9H,3,12H2/t9-/m0/s1. The number of benzene rings is 1. The number of carbonyl (C=O) groups excluding carboxylic acids is 1. The summed E-state index contributed by atoms with van der Waals surface area (Å²) in [6.07, 6.45) is 0.695. The Bertz CT molecular complexity index is 294. The molecule has 4 heteroatoms. The minimum Gasteiger partial charge on any atom is -0.321 e. The Hall–Kier alpha value is -1.29. The molecule has 1 rings (SSSR count). The second-order valence-electron chi connectivity index (χ2n) is 2.78. The fourth-order valence-corrected chi connectivity index (χ4v) is 1.05. The first kappa shape index (κ1) is 9.80. The van der Waals surface area contributed by atoms with Crippen molar-refractivity contribution in [2.75, 3.05) is 0 Å². The molecular weight excluding hydrogens is 176 g/mol. The minimum absolute atomic E-state index is 0.151. The first-order valence-electron chi connectivity index (χ1n) is 3.77. The lowest BCUT2D eigenvalue weighted by molar-refractivity contribution is -0.108. The maximum atomic E-state index is 12.6. The SMILES string of the molecule is N[C@H](C=O)Cc1cc(F)cc(F)c1. The molecule has 2 nitrogen and oxygen atoms in total. The van der Waals surface area contributed by atoms with Gasteiger partial charge in [-0.1, -0.05) is 0 Å². The topological polar surface area (TPSA) is 43.1 Å². The van der Waals surface area contributed by atoms with Crippen LogP contribution in [0.3, 0.4) is 0 Å². The molecule has 0 saturated carbocycles. The van der Waals surface area contributed by atoms with Crippen molar-refractivity contribution < 1.29 is 13.6 Å². The van der Waals surface area contributed by atoms with Crippen LogP contribution in [-0.4, -0.2) is 12.3 Å². The zero-order valence-electron chi connectivity index (χ0n) is 6.84. The molecular formula is C9H9F2NO. The summed E-state index contributed by atoms with van der Waals surface area (Å²) in [6.45, 7) is 0. The van der Waals surface area contributed by atoms with Crippen molar-refractivity contribution in [3.8, 4) is 0 Å². The van der Waals surface area contributed by atoms with Crippen molar-refractivity contribution in [1.82, 2.24) is 0 Å². The Morgan fingerprint density at radius 2 is 1.85 bits per heavy atom. The smallest absolute Gasteiger partial charge is 0.137 e. The zero-order chi connectivity index (χ0) is 9.84. The molecule has 1 aromatic carbocycles. The van der Waals surface area contributed by atoms with Crippen LogP contribution in [0.1, 0.15) is 5.56 Å². The second-order valence-corrected chi connectivity index (χ2v) is 2.78. The normalized spacial score (nSPS) is 12.5. The van der Waals surface area contributed by atoms with E-state index in [9.17, 15) is 13.6 Å². The lowest BCUT2D eigenvalue weighted by atomic mass is 10.1. The summed E-state index contributed by atoms with van der Waals surface area (Å²) in [5.41, 5.74) is 5.68. The molecule has 0 aliphatic rings. The lowest BCUT2D eigenvalue weighted by Crippen LogP contribution is -2.24. The Balaban J connectivity index is 2.82. The number of carbonyl (C=O) groups is 1. The lowest BCUT2D eigenvalue weighted by Gasteiger charge is -2.03. The third-order valence-corrected chi connectivity index (χ3v) is 1.57. The number of aldehydes is 1. The van der Waals surface area contributed by atoms with E-state index in [1.54, 1.807) is 0 Å². The van der Waals surface area contributed by atoms with Gasteiger partial charge in [-0.05, 0) is 24.1 Å². The number of halogens is 2. The maximum Gasteiger partial charge on any atom is 0.137 e. The van der Waals surface area contributed by atoms with Crippen LogP contribution in [0.5, 0.6) is 0 Å². The second kappa shape index (κ2) is 4.09. The van der Waals surface area contributed by atoms with Crippen molar-refractivity contribution in [3.05, 3.63) is 35.4 Å². The van der Waals surface area contributed by atoms with E-state index in [0.717, 1.165) is 18.2 Å². The summed E-state index contributed by atoms with van der Waals surface area (Å²) in [7, 11) is 0. The average molecular weight is 185 g/mol. The van der Waals surface area contributed by atoms with Crippen molar-refractivity contribution in [1.29, 1.82) is 0 Å². The van der Waals surface area contributed by atoms with Crippen LogP contribution in [0.15, 0.2) is 18.2 Å². The van der Waals surface area contributed by atoms with Gasteiger partial charge in [0, 0.05) is 6.07 Å². The van der Waals surface area contributed by atoms with Gasteiger partial charge in [0.2, 0.25) is 0 Å². The van der Waals surface area contributed by atoms with E-state index in [0.29, 0.717) is 11.8 Å². The number of hydrogen-bond donors (Lipinski definition) is 1. The van der Waals surface area contributed by atoms with Crippen molar-refractivity contribution in [2.45, 2.75) is 12.5 Å². The molecule has 0 saturated heterocycles. The van der Waals surface area contributed by atoms with E-state index in [2.05, 4.69) is 0 Å². The van der Waals surface area contributed by atoms with Gasteiger partial charge in [0.15, 0.2) is 0 Å². The highest BCUT2D eigenvalue weighted by Gasteiger charge is 2.05. The molecule has 0 aliphatic heterocycles. The van der Waals surface area contributed by atoms with Gasteiger partial charge in [-0.2, -0.15) is 0 Å². The van der Waals surface area contributed by atoms with Gasteiger partial charge in [0.25, 0.3) is 0 Å². The van der Waals surface area contributed by atoms with E-state index in [1.165, 1.54) is 0 Å². The Morgan fingerprint density at radius 1 is 1.31 bits per heavy atom. The molecule has 1 aromatic rings. The molecule has 1 atom stereocenters. The van der Waals surface area contributed by atoms with Crippen LogP contribution in [0.2, 0.25) is 0 Å². The van der Waals surface area contributed by atoms with Crippen LogP contribution in [0, 0.1) is 11.6 Å². The molecule has 0 amide bonds. The molecule has 0 radical (unpaired) electrons. The fourth-order valence-electron chi connectivity index (χ4n) is 1.05. The molecule has 2 N–H and O–H groups in total. The number of hydrogen-bond acceptors (Lipinski definition) is 2. The van der Waals surface area contributed by atoms with Crippen molar-refractivity contribution in [3.63, 3.8) is 0 Å². The number of rotatable bonds is 3. The molecule has 0 unspecified atom stereocenters. The molecule has 13 heavy (non-hydrogen) atoms. The Morgan fingerprint density at radius 3 is 2.31 bits per heavy atom. The van der Waals surface area contributed by atoms with Gasteiger partial charge < -0.3 is 10.5 Å². The van der Waals surface area contributed by atoms with Gasteiger partial charge in [-0.15, -0.1) is 0 Å².